The maximum absolute atomic E-state index is 12.8. The summed E-state index contributed by atoms with van der Waals surface area (Å²) in [7, 11) is 0. The monoisotopic (exact) mass is 430 g/mol. The molecular weight excluding hydrogens is 409 g/mol. The molecule has 30 heavy (non-hydrogen) atoms. The standard InChI is InChI=1S/C23H21F3N2OS/c1-2-5-20-19(12-13-29-21-14-16-6-3-4-7-18(16)27-21)28-22(30-20)15-8-10-17(11-9-15)23(24,25)26/h3-4,6-11,14,27H,2,5,12-13H2,1H3. The molecule has 0 unspecified atom stereocenters. The quantitative estimate of drug-likeness (QED) is 0.347. The Hall–Kier alpha value is -2.80. The van der Waals surface area contributed by atoms with Crippen LogP contribution in [0.5, 0.6) is 5.88 Å². The molecule has 3 nitrogen and oxygen atoms in total. The molecule has 0 fully saturated rings. The number of nitrogens with zero attached hydrogens (tertiary/aromatic N) is 1. The van der Waals surface area contributed by atoms with Crippen LogP contribution in [0.1, 0.15) is 29.5 Å². The molecule has 0 saturated heterocycles. The molecule has 7 heteroatoms. The van der Waals surface area contributed by atoms with Gasteiger partial charge in [-0.05, 0) is 24.6 Å². The molecule has 0 atom stereocenters. The topological polar surface area (TPSA) is 37.9 Å². The molecule has 4 aromatic rings. The van der Waals surface area contributed by atoms with Gasteiger partial charge in [0.15, 0.2) is 5.88 Å². The first kappa shape index (κ1) is 20.5. The van der Waals surface area contributed by atoms with Crippen LogP contribution < -0.4 is 4.74 Å². The van der Waals surface area contributed by atoms with Gasteiger partial charge in [0.1, 0.15) is 5.01 Å². The smallest absolute Gasteiger partial charge is 0.416 e. The maximum atomic E-state index is 12.8. The second-order valence-electron chi connectivity index (χ2n) is 7.03. The van der Waals surface area contributed by atoms with Crippen LogP contribution in [0.25, 0.3) is 21.5 Å². The number of benzene rings is 2. The molecule has 4 rings (SSSR count). The highest BCUT2D eigenvalue weighted by Gasteiger charge is 2.30. The first-order chi connectivity index (χ1) is 14.4. The van der Waals surface area contributed by atoms with Gasteiger partial charge in [0.2, 0.25) is 0 Å². The highest BCUT2D eigenvalue weighted by atomic mass is 32.1. The summed E-state index contributed by atoms with van der Waals surface area (Å²) in [6.07, 6.45) is -1.83. The number of aryl methyl sites for hydroxylation is 1. The van der Waals surface area contributed by atoms with Crippen LogP contribution in [0.2, 0.25) is 0 Å². The summed E-state index contributed by atoms with van der Waals surface area (Å²) in [4.78, 5) is 9.11. The molecule has 0 bridgehead atoms. The SMILES string of the molecule is CCCc1sc(-c2ccc(C(F)(F)F)cc2)nc1CCOc1cc2ccccc2[nH]1. The third-order valence-corrected chi connectivity index (χ3v) is 6.02. The molecule has 2 aromatic heterocycles. The fourth-order valence-electron chi connectivity index (χ4n) is 3.31. The van der Waals surface area contributed by atoms with Crippen LogP contribution in [0.4, 0.5) is 13.2 Å². The average molecular weight is 430 g/mol. The van der Waals surface area contributed by atoms with Gasteiger partial charge < -0.3 is 9.72 Å². The number of thiazole rings is 1. The van der Waals surface area contributed by atoms with Gasteiger partial charge in [0.25, 0.3) is 0 Å². The largest absolute Gasteiger partial charge is 0.479 e. The van der Waals surface area contributed by atoms with Crippen molar-refractivity contribution in [2.75, 3.05) is 6.61 Å². The summed E-state index contributed by atoms with van der Waals surface area (Å²) in [5.41, 5.74) is 2.03. The van der Waals surface area contributed by atoms with Crippen molar-refractivity contribution in [3.63, 3.8) is 0 Å². The van der Waals surface area contributed by atoms with Gasteiger partial charge in [-0.3, -0.25) is 0 Å². The minimum Gasteiger partial charge on any atom is -0.479 e. The van der Waals surface area contributed by atoms with E-state index in [1.54, 1.807) is 11.3 Å². The lowest BCUT2D eigenvalue weighted by Gasteiger charge is -2.06. The zero-order chi connectivity index (χ0) is 21.1. The molecule has 156 valence electrons. The summed E-state index contributed by atoms with van der Waals surface area (Å²) in [5.74, 6) is 0.714. The van der Waals surface area contributed by atoms with Crippen molar-refractivity contribution in [1.29, 1.82) is 0 Å². The highest BCUT2D eigenvalue weighted by molar-refractivity contribution is 7.15. The molecule has 0 spiro atoms. The van der Waals surface area contributed by atoms with E-state index in [4.69, 9.17) is 9.72 Å². The number of rotatable bonds is 7. The van der Waals surface area contributed by atoms with E-state index >= 15 is 0 Å². The van der Waals surface area contributed by atoms with E-state index in [9.17, 15) is 13.2 Å². The molecule has 0 amide bonds. The van der Waals surface area contributed by atoms with E-state index in [0.717, 1.165) is 51.5 Å². The third-order valence-electron chi connectivity index (χ3n) is 4.82. The number of alkyl halides is 3. The van der Waals surface area contributed by atoms with Crippen molar-refractivity contribution in [1.82, 2.24) is 9.97 Å². The molecular formula is C23H21F3N2OS. The highest BCUT2D eigenvalue weighted by Crippen LogP contribution is 2.33. The lowest BCUT2D eigenvalue weighted by Crippen LogP contribution is -2.04. The van der Waals surface area contributed by atoms with Gasteiger partial charge in [0.05, 0.1) is 17.9 Å². The second kappa shape index (κ2) is 8.52. The van der Waals surface area contributed by atoms with Gasteiger partial charge in [-0.1, -0.05) is 43.7 Å². The molecule has 2 heterocycles. The van der Waals surface area contributed by atoms with Crippen LogP contribution >= 0.6 is 11.3 Å². The van der Waals surface area contributed by atoms with Crippen molar-refractivity contribution < 1.29 is 17.9 Å². The van der Waals surface area contributed by atoms with E-state index in [1.165, 1.54) is 12.1 Å². The molecule has 0 aliphatic carbocycles. The van der Waals surface area contributed by atoms with Crippen LogP contribution in [0.15, 0.2) is 54.6 Å². The minimum absolute atomic E-state index is 0.472. The Bertz CT molecular complexity index is 1100. The van der Waals surface area contributed by atoms with E-state index < -0.39 is 11.7 Å². The van der Waals surface area contributed by atoms with Crippen molar-refractivity contribution in [3.8, 4) is 16.5 Å². The number of nitrogens with one attached hydrogen (secondary N) is 1. The number of ether oxygens (including phenoxy) is 1. The first-order valence-corrected chi connectivity index (χ1v) is 10.6. The fourth-order valence-corrected chi connectivity index (χ4v) is 4.52. The Balaban J connectivity index is 1.48. The number of para-hydroxylation sites is 1. The van der Waals surface area contributed by atoms with Crippen LogP contribution in [-0.4, -0.2) is 16.6 Å². The number of fused-ring (bicyclic) bond motifs is 1. The lowest BCUT2D eigenvalue weighted by molar-refractivity contribution is -0.137. The van der Waals surface area contributed by atoms with Crippen LogP contribution in [0, 0.1) is 0 Å². The zero-order valence-corrected chi connectivity index (χ0v) is 17.2. The molecule has 2 aromatic carbocycles. The van der Waals surface area contributed by atoms with Crippen molar-refractivity contribution in [2.24, 2.45) is 0 Å². The van der Waals surface area contributed by atoms with Crippen LogP contribution in [0.3, 0.4) is 0 Å². The number of halogens is 3. The average Bonchev–Trinajstić information content (AvgIpc) is 3.32. The van der Waals surface area contributed by atoms with Crippen LogP contribution in [-0.2, 0) is 19.0 Å². The lowest BCUT2D eigenvalue weighted by atomic mass is 10.1. The van der Waals surface area contributed by atoms with E-state index in [-0.39, 0.29) is 0 Å². The third kappa shape index (κ3) is 4.51. The summed E-state index contributed by atoms with van der Waals surface area (Å²) in [6.45, 7) is 2.57. The number of aromatic amines is 1. The summed E-state index contributed by atoms with van der Waals surface area (Å²) in [5, 5.41) is 1.84. The minimum atomic E-state index is -4.33. The van der Waals surface area contributed by atoms with Crippen molar-refractivity contribution >= 4 is 22.2 Å². The summed E-state index contributed by atoms with van der Waals surface area (Å²) in [6, 6.07) is 15.1. The predicted octanol–water partition coefficient (Wildman–Crippen LogP) is 6.88. The van der Waals surface area contributed by atoms with Crippen molar-refractivity contribution in [2.45, 2.75) is 32.4 Å². The Morgan fingerprint density at radius 2 is 1.80 bits per heavy atom. The molecule has 0 aliphatic heterocycles. The molecule has 0 saturated carbocycles. The molecule has 1 N–H and O–H groups in total. The van der Waals surface area contributed by atoms with Gasteiger partial charge in [-0.15, -0.1) is 11.3 Å². The Morgan fingerprint density at radius 1 is 1.03 bits per heavy atom. The van der Waals surface area contributed by atoms with Crippen molar-refractivity contribution in [3.05, 3.63) is 70.7 Å². The predicted molar refractivity (Wildman–Crippen MR) is 114 cm³/mol. The number of hydrogen-bond donors (Lipinski definition) is 1. The summed E-state index contributed by atoms with van der Waals surface area (Å²) < 4.78 is 44.3. The maximum Gasteiger partial charge on any atom is 0.416 e. The Kier molecular flexibility index (Phi) is 5.81. The summed E-state index contributed by atoms with van der Waals surface area (Å²) >= 11 is 1.54. The Labute approximate surface area is 176 Å². The number of aromatic nitrogens is 2. The van der Waals surface area contributed by atoms with E-state index in [2.05, 4.69) is 11.9 Å². The normalized spacial score (nSPS) is 11.9. The van der Waals surface area contributed by atoms with Gasteiger partial charge in [-0.2, -0.15) is 13.2 Å². The second-order valence-corrected chi connectivity index (χ2v) is 8.12. The molecule has 0 aliphatic rings. The fraction of sp³-hybridized carbons (Fsp3) is 0.261. The zero-order valence-electron chi connectivity index (χ0n) is 16.4. The van der Waals surface area contributed by atoms with Gasteiger partial charge in [-0.25, -0.2) is 4.98 Å². The van der Waals surface area contributed by atoms with E-state index in [0.29, 0.717) is 24.5 Å². The van der Waals surface area contributed by atoms with E-state index in [1.807, 2.05) is 30.3 Å². The molecule has 0 radical (unpaired) electrons. The number of hydrogen-bond acceptors (Lipinski definition) is 3. The van der Waals surface area contributed by atoms with Gasteiger partial charge >= 0.3 is 6.18 Å². The first-order valence-electron chi connectivity index (χ1n) is 9.81. The van der Waals surface area contributed by atoms with Gasteiger partial charge in [0, 0.05) is 33.8 Å². The number of H-pyrrole nitrogens is 1. The Morgan fingerprint density at radius 3 is 2.50 bits per heavy atom.